The minimum absolute atomic E-state index is 0.0574. The number of hydrogen-bond donors (Lipinski definition) is 4. The molecule has 0 unspecified atom stereocenters. The molecule has 14 heteroatoms. The van der Waals surface area contributed by atoms with Gasteiger partial charge in [0.2, 0.25) is 18.1 Å². The highest BCUT2D eigenvalue weighted by Crippen LogP contribution is 2.19. The largest absolute Gasteiger partial charge is 0.497 e. The van der Waals surface area contributed by atoms with Gasteiger partial charge in [-0.15, -0.1) is 0 Å². The molecule has 3 aromatic rings. The molecule has 0 saturated carbocycles. The molecule has 45 heavy (non-hydrogen) atoms. The Hall–Kier alpha value is -5.92. The van der Waals surface area contributed by atoms with E-state index >= 15 is 0 Å². The van der Waals surface area contributed by atoms with E-state index in [0.717, 1.165) is 0 Å². The normalized spacial score (nSPS) is 11.8. The Morgan fingerprint density at radius 1 is 0.644 bits per heavy atom. The smallest absolute Gasteiger partial charge is 0.349 e. The number of aliphatic carboxylic acids is 1. The first kappa shape index (κ1) is 33.6. The third-order valence-electron chi connectivity index (χ3n) is 6.09. The summed E-state index contributed by atoms with van der Waals surface area (Å²) in [6.07, 6.45) is -4.62. The topological polar surface area (TPSA) is 196 Å². The van der Waals surface area contributed by atoms with Gasteiger partial charge in [0.15, 0.2) is 0 Å². The van der Waals surface area contributed by atoms with Crippen LogP contribution in [-0.2, 0) is 23.9 Å². The maximum absolute atomic E-state index is 13.2. The van der Waals surface area contributed by atoms with E-state index in [1.54, 1.807) is 13.8 Å². The Balaban J connectivity index is 1.82. The number of nitrogens with one attached hydrogen (secondary N) is 3. The molecule has 0 saturated heterocycles. The molecule has 0 bridgehead atoms. The van der Waals surface area contributed by atoms with Crippen LogP contribution in [0.4, 0.5) is 5.69 Å². The fourth-order valence-corrected chi connectivity index (χ4v) is 3.61. The molecule has 3 aromatic carbocycles. The summed E-state index contributed by atoms with van der Waals surface area (Å²) in [5.74, 6) is -6.24. The highest BCUT2D eigenvalue weighted by atomic mass is 16.6. The summed E-state index contributed by atoms with van der Waals surface area (Å²) in [6.45, 7) is 3.44. The standard InChI is InChI=1S/C31H31N3O11/c1-17(2)26(35)32-21-13-11-18(12-14-21)27(36)33-34-28(37)24(44-30(40)19-7-5-9-22(15-19)42-3)25(29(38)39)45-31(41)20-8-6-10-23(16-20)43-4/h5-17,24-25H,1-4H3,(H,32,35)(H,33,36)(H,34,37)(H,38,39)/t24-,25+/m1/s1. The monoisotopic (exact) mass is 621 g/mol. The zero-order chi connectivity index (χ0) is 33.1. The van der Waals surface area contributed by atoms with Gasteiger partial charge in [0.1, 0.15) is 11.5 Å². The molecule has 0 aromatic heterocycles. The lowest BCUT2D eigenvalue weighted by atomic mass is 10.1. The fourth-order valence-electron chi connectivity index (χ4n) is 3.61. The van der Waals surface area contributed by atoms with E-state index in [1.807, 2.05) is 5.43 Å². The molecule has 0 radical (unpaired) electrons. The van der Waals surface area contributed by atoms with Crippen molar-refractivity contribution in [2.24, 2.45) is 5.92 Å². The van der Waals surface area contributed by atoms with Gasteiger partial charge >= 0.3 is 17.9 Å². The number of benzene rings is 3. The van der Waals surface area contributed by atoms with Crippen molar-refractivity contribution in [2.75, 3.05) is 19.5 Å². The van der Waals surface area contributed by atoms with E-state index in [2.05, 4.69) is 10.7 Å². The third-order valence-corrected chi connectivity index (χ3v) is 6.09. The number of rotatable bonds is 12. The minimum atomic E-state index is -2.35. The van der Waals surface area contributed by atoms with Gasteiger partial charge in [0.25, 0.3) is 11.8 Å². The predicted octanol–water partition coefficient (Wildman–Crippen LogP) is 2.60. The summed E-state index contributed by atoms with van der Waals surface area (Å²) >= 11 is 0. The zero-order valence-corrected chi connectivity index (χ0v) is 24.7. The Labute approximate surface area is 257 Å². The van der Waals surface area contributed by atoms with Crippen molar-refractivity contribution < 1.29 is 52.8 Å². The number of hydrogen-bond acceptors (Lipinski definition) is 10. The average molecular weight is 622 g/mol. The Kier molecular flexibility index (Phi) is 11.6. The van der Waals surface area contributed by atoms with Gasteiger partial charge in [-0.3, -0.25) is 25.2 Å². The van der Waals surface area contributed by atoms with Gasteiger partial charge < -0.3 is 29.4 Å². The van der Waals surface area contributed by atoms with Crippen molar-refractivity contribution in [3.63, 3.8) is 0 Å². The number of carboxylic acids is 1. The second-order valence-corrected chi connectivity index (χ2v) is 9.62. The molecule has 0 fully saturated rings. The summed E-state index contributed by atoms with van der Waals surface area (Å²) in [4.78, 5) is 75.9. The lowest BCUT2D eigenvalue weighted by molar-refractivity contribution is -0.159. The van der Waals surface area contributed by atoms with E-state index in [0.29, 0.717) is 5.69 Å². The molecular weight excluding hydrogens is 590 g/mol. The molecule has 3 rings (SSSR count). The Morgan fingerprint density at radius 3 is 1.62 bits per heavy atom. The van der Waals surface area contributed by atoms with Gasteiger partial charge in [-0.2, -0.15) is 0 Å². The molecule has 0 spiro atoms. The molecule has 236 valence electrons. The zero-order valence-electron chi connectivity index (χ0n) is 24.7. The number of ether oxygens (including phenoxy) is 4. The molecule has 14 nitrogen and oxygen atoms in total. The first-order chi connectivity index (χ1) is 21.4. The van der Waals surface area contributed by atoms with Crippen LogP contribution in [0.25, 0.3) is 0 Å². The second-order valence-electron chi connectivity index (χ2n) is 9.62. The second kappa shape index (κ2) is 15.5. The number of amides is 3. The van der Waals surface area contributed by atoms with Crippen LogP contribution in [0.15, 0.2) is 72.8 Å². The van der Waals surface area contributed by atoms with Crippen molar-refractivity contribution in [1.82, 2.24) is 10.9 Å². The molecule has 0 heterocycles. The summed E-state index contributed by atoms with van der Waals surface area (Å²) < 4.78 is 20.5. The van der Waals surface area contributed by atoms with Gasteiger partial charge in [0, 0.05) is 17.2 Å². The summed E-state index contributed by atoms with van der Waals surface area (Å²) in [5, 5.41) is 12.6. The number of methoxy groups -OCH3 is 2. The van der Waals surface area contributed by atoms with Crippen LogP contribution in [0.2, 0.25) is 0 Å². The van der Waals surface area contributed by atoms with E-state index in [9.17, 15) is 33.9 Å². The minimum Gasteiger partial charge on any atom is -0.497 e. The quantitative estimate of drug-likeness (QED) is 0.171. The number of hydrazine groups is 1. The maximum atomic E-state index is 13.2. The highest BCUT2D eigenvalue weighted by Gasteiger charge is 2.41. The molecule has 0 aliphatic rings. The predicted molar refractivity (Wildman–Crippen MR) is 158 cm³/mol. The molecule has 0 aliphatic heterocycles. The van der Waals surface area contributed by atoms with Gasteiger partial charge in [-0.05, 0) is 60.7 Å². The van der Waals surface area contributed by atoms with Crippen molar-refractivity contribution in [3.05, 3.63) is 89.5 Å². The molecular formula is C31H31N3O11. The van der Waals surface area contributed by atoms with E-state index in [1.165, 1.54) is 87.0 Å². The summed E-state index contributed by atoms with van der Waals surface area (Å²) in [7, 11) is 2.72. The molecule has 2 atom stereocenters. The maximum Gasteiger partial charge on any atom is 0.349 e. The fraction of sp³-hybridized carbons (Fsp3) is 0.226. The molecule has 4 N–H and O–H groups in total. The van der Waals surface area contributed by atoms with Crippen LogP contribution in [0, 0.1) is 5.92 Å². The van der Waals surface area contributed by atoms with Crippen molar-refractivity contribution >= 4 is 41.3 Å². The third kappa shape index (κ3) is 9.28. The lowest BCUT2D eigenvalue weighted by Gasteiger charge is -2.23. The van der Waals surface area contributed by atoms with E-state index in [4.69, 9.17) is 18.9 Å². The number of carbonyl (C=O) groups excluding carboxylic acids is 5. The number of anilines is 1. The van der Waals surface area contributed by atoms with Gasteiger partial charge in [-0.25, -0.2) is 14.4 Å². The molecule has 0 aliphatic carbocycles. The van der Waals surface area contributed by atoms with E-state index < -0.39 is 41.9 Å². The van der Waals surface area contributed by atoms with Crippen LogP contribution in [0.1, 0.15) is 44.9 Å². The van der Waals surface area contributed by atoms with Crippen LogP contribution in [0.5, 0.6) is 11.5 Å². The molecule has 3 amide bonds. The van der Waals surface area contributed by atoms with Crippen molar-refractivity contribution in [2.45, 2.75) is 26.1 Å². The number of esters is 2. The number of carboxylic acid groups (broad SMARTS) is 1. The Morgan fingerprint density at radius 2 is 1.16 bits per heavy atom. The van der Waals surface area contributed by atoms with Crippen LogP contribution < -0.4 is 25.6 Å². The van der Waals surface area contributed by atoms with Crippen LogP contribution >= 0.6 is 0 Å². The van der Waals surface area contributed by atoms with E-state index in [-0.39, 0.29) is 40.0 Å². The Bertz CT molecular complexity index is 1570. The van der Waals surface area contributed by atoms with Gasteiger partial charge in [0.05, 0.1) is 25.3 Å². The summed E-state index contributed by atoms with van der Waals surface area (Å²) in [6, 6.07) is 16.9. The van der Waals surface area contributed by atoms with Crippen LogP contribution in [-0.4, -0.2) is 67.2 Å². The SMILES string of the molecule is COc1cccc(C(=O)O[C@H](C(=O)O)[C@@H](OC(=O)c2cccc(OC)c2)C(=O)NNC(=O)c2ccc(NC(=O)C(C)C)cc2)c1. The van der Waals surface area contributed by atoms with Crippen LogP contribution in [0.3, 0.4) is 0 Å². The average Bonchev–Trinajstić information content (AvgIpc) is 3.04. The van der Waals surface area contributed by atoms with Crippen molar-refractivity contribution in [1.29, 1.82) is 0 Å². The lowest BCUT2D eigenvalue weighted by Crippen LogP contribution is -2.54. The number of carbonyl (C=O) groups is 6. The summed E-state index contributed by atoms with van der Waals surface area (Å²) in [5.41, 5.74) is 4.37. The van der Waals surface area contributed by atoms with Crippen molar-refractivity contribution in [3.8, 4) is 11.5 Å². The first-order valence-electron chi connectivity index (χ1n) is 13.4. The first-order valence-corrected chi connectivity index (χ1v) is 13.4. The van der Waals surface area contributed by atoms with Gasteiger partial charge in [-0.1, -0.05) is 26.0 Å². The highest BCUT2D eigenvalue weighted by molar-refractivity contribution is 5.99.